The van der Waals surface area contributed by atoms with E-state index in [-0.39, 0.29) is 11.7 Å². The highest BCUT2D eigenvalue weighted by Gasteiger charge is 2.20. The van der Waals surface area contributed by atoms with Crippen LogP contribution >= 0.6 is 11.3 Å². The zero-order valence-electron chi connectivity index (χ0n) is 13.8. The second-order valence-electron chi connectivity index (χ2n) is 5.46. The van der Waals surface area contributed by atoms with Gasteiger partial charge in [0.05, 0.1) is 16.8 Å². The van der Waals surface area contributed by atoms with Gasteiger partial charge in [0.15, 0.2) is 10.9 Å². The Morgan fingerprint density at radius 1 is 1.16 bits per heavy atom. The highest BCUT2D eigenvalue weighted by molar-refractivity contribution is 7.19. The summed E-state index contributed by atoms with van der Waals surface area (Å²) in [7, 11) is 0. The molecule has 3 rings (SSSR count). The molecule has 7 heteroatoms. The summed E-state index contributed by atoms with van der Waals surface area (Å²) in [5.74, 6) is -0.614. The Morgan fingerprint density at radius 2 is 1.92 bits per heavy atom. The van der Waals surface area contributed by atoms with Gasteiger partial charge in [-0.15, -0.1) is 0 Å². The van der Waals surface area contributed by atoms with Crippen LogP contribution in [0.5, 0.6) is 0 Å². The van der Waals surface area contributed by atoms with E-state index in [1.165, 1.54) is 23.7 Å². The van der Waals surface area contributed by atoms with Crippen molar-refractivity contribution in [2.75, 3.05) is 5.32 Å². The van der Waals surface area contributed by atoms with Crippen molar-refractivity contribution in [1.82, 2.24) is 10.3 Å². The number of nitrogens with one attached hydrogen (secondary N) is 2. The lowest BCUT2D eigenvalue weighted by molar-refractivity contribution is -0.117. The van der Waals surface area contributed by atoms with E-state index in [2.05, 4.69) is 15.6 Å². The topological polar surface area (TPSA) is 84.2 Å². The standard InChI is InChI=1S/C18H17N3O3S/c1-11-15(13-7-4-3-5-8-13)25-18(20-11)21-16(22)12(2)19-17(23)14-9-6-10-24-14/h3-10,12H,1-2H3,(H,19,23)(H,20,21,22). The summed E-state index contributed by atoms with van der Waals surface area (Å²) in [6.45, 7) is 3.51. The molecule has 1 atom stereocenters. The molecule has 0 fully saturated rings. The second-order valence-corrected chi connectivity index (χ2v) is 6.46. The molecule has 128 valence electrons. The first kappa shape index (κ1) is 16.9. The number of hydrogen-bond acceptors (Lipinski definition) is 5. The van der Waals surface area contributed by atoms with Gasteiger partial charge in [0.25, 0.3) is 5.91 Å². The fourth-order valence-electron chi connectivity index (χ4n) is 2.26. The molecule has 0 spiro atoms. The molecule has 2 heterocycles. The number of aryl methyl sites for hydroxylation is 1. The Kier molecular flexibility index (Phi) is 4.95. The van der Waals surface area contributed by atoms with E-state index in [1.54, 1.807) is 13.0 Å². The van der Waals surface area contributed by atoms with Crippen molar-refractivity contribution >= 4 is 28.3 Å². The largest absolute Gasteiger partial charge is 0.459 e. The molecular formula is C18H17N3O3S. The Balaban J connectivity index is 1.66. The van der Waals surface area contributed by atoms with E-state index >= 15 is 0 Å². The highest BCUT2D eigenvalue weighted by atomic mass is 32.1. The van der Waals surface area contributed by atoms with Crippen molar-refractivity contribution in [1.29, 1.82) is 0 Å². The lowest BCUT2D eigenvalue weighted by atomic mass is 10.2. The number of rotatable bonds is 5. The van der Waals surface area contributed by atoms with Crippen LogP contribution in [0.1, 0.15) is 23.2 Å². The lowest BCUT2D eigenvalue weighted by Gasteiger charge is -2.11. The van der Waals surface area contributed by atoms with Gasteiger partial charge in [0.1, 0.15) is 6.04 Å². The molecule has 2 aromatic heterocycles. The molecule has 0 aliphatic heterocycles. The van der Waals surface area contributed by atoms with Gasteiger partial charge in [0, 0.05) is 0 Å². The van der Waals surface area contributed by atoms with E-state index < -0.39 is 11.9 Å². The minimum Gasteiger partial charge on any atom is -0.459 e. The average Bonchev–Trinajstić information content (AvgIpc) is 3.25. The van der Waals surface area contributed by atoms with Crippen LogP contribution in [0, 0.1) is 6.92 Å². The van der Waals surface area contributed by atoms with Crippen LogP contribution in [0.2, 0.25) is 0 Å². The average molecular weight is 355 g/mol. The predicted molar refractivity (Wildman–Crippen MR) is 96.6 cm³/mol. The normalized spacial score (nSPS) is 11.8. The number of furan rings is 1. The molecule has 6 nitrogen and oxygen atoms in total. The number of aromatic nitrogens is 1. The van der Waals surface area contributed by atoms with Crippen LogP contribution in [0.3, 0.4) is 0 Å². The third kappa shape index (κ3) is 3.95. The predicted octanol–water partition coefficient (Wildman–Crippen LogP) is 3.47. The van der Waals surface area contributed by atoms with Crippen molar-refractivity contribution in [3.63, 3.8) is 0 Å². The van der Waals surface area contributed by atoms with Crippen molar-refractivity contribution in [3.8, 4) is 10.4 Å². The highest BCUT2D eigenvalue weighted by Crippen LogP contribution is 2.32. The van der Waals surface area contributed by atoms with Crippen molar-refractivity contribution in [2.24, 2.45) is 0 Å². The van der Waals surface area contributed by atoms with Gasteiger partial charge in [-0.2, -0.15) is 0 Å². The van der Waals surface area contributed by atoms with Crippen LogP contribution in [0.4, 0.5) is 5.13 Å². The van der Waals surface area contributed by atoms with Crippen LogP contribution in [-0.2, 0) is 4.79 Å². The van der Waals surface area contributed by atoms with E-state index in [1.807, 2.05) is 37.3 Å². The first-order valence-corrected chi connectivity index (χ1v) is 8.54. The first-order valence-electron chi connectivity index (χ1n) is 7.72. The molecular weight excluding hydrogens is 338 g/mol. The number of hydrogen-bond donors (Lipinski definition) is 2. The smallest absolute Gasteiger partial charge is 0.287 e. The van der Waals surface area contributed by atoms with Gasteiger partial charge in [-0.25, -0.2) is 4.98 Å². The zero-order chi connectivity index (χ0) is 17.8. The number of thiazole rings is 1. The molecule has 2 amide bonds. The third-order valence-corrected chi connectivity index (χ3v) is 4.67. The lowest BCUT2D eigenvalue weighted by Crippen LogP contribution is -2.41. The maximum Gasteiger partial charge on any atom is 0.287 e. The molecule has 0 radical (unpaired) electrons. The van der Waals surface area contributed by atoms with Gasteiger partial charge in [-0.3, -0.25) is 9.59 Å². The molecule has 1 unspecified atom stereocenters. The molecule has 0 saturated heterocycles. The summed E-state index contributed by atoms with van der Waals surface area (Å²) in [5, 5.41) is 5.83. The summed E-state index contributed by atoms with van der Waals surface area (Å²) in [4.78, 5) is 29.6. The molecule has 0 aliphatic rings. The molecule has 2 N–H and O–H groups in total. The second kappa shape index (κ2) is 7.31. The van der Waals surface area contributed by atoms with Crippen LogP contribution in [0.15, 0.2) is 53.1 Å². The summed E-state index contributed by atoms with van der Waals surface area (Å²) in [6.07, 6.45) is 1.41. The van der Waals surface area contributed by atoms with Crippen LogP contribution in [0.25, 0.3) is 10.4 Å². The van der Waals surface area contributed by atoms with Gasteiger partial charge in [0.2, 0.25) is 5.91 Å². The minimum absolute atomic E-state index is 0.163. The van der Waals surface area contributed by atoms with Crippen molar-refractivity contribution in [3.05, 3.63) is 60.2 Å². The Labute approximate surface area is 148 Å². The van der Waals surface area contributed by atoms with E-state index in [0.29, 0.717) is 5.13 Å². The Hall–Kier alpha value is -2.93. The molecule has 1 aromatic carbocycles. The van der Waals surface area contributed by atoms with Crippen LogP contribution in [-0.4, -0.2) is 22.8 Å². The number of nitrogens with zero attached hydrogens (tertiary/aromatic N) is 1. The quantitative estimate of drug-likeness (QED) is 0.734. The molecule has 0 bridgehead atoms. The third-order valence-electron chi connectivity index (χ3n) is 3.55. The van der Waals surface area contributed by atoms with Gasteiger partial charge < -0.3 is 15.1 Å². The molecule has 0 saturated carbocycles. The van der Waals surface area contributed by atoms with Gasteiger partial charge >= 0.3 is 0 Å². The van der Waals surface area contributed by atoms with E-state index in [4.69, 9.17) is 4.42 Å². The minimum atomic E-state index is -0.720. The summed E-state index contributed by atoms with van der Waals surface area (Å²) < 4.78 is 5.01. The Bertz CT molecular complexity index is 872. The summed E-state index contributed by atoms with van der Waals surface area (Å²) in [5.41, 5.74) is 1.90. The SMILES string of the molecule is Cc1nc(NC(=O)C(C)NC(=O)c2ccco2)sc1-c1ccccc1. The number of carbonyl (C=O) groups excluding carboxylic acids is 2. The Morgan fingerprint density at radius 3 is 2.60 bits per heavy atom. The molecule has 0 aliphatic carbocycles. The van der Waals surface area contributed by atoms with Crippen molar-refractivity contribution in [2.45, 2.75) is 19.9 Å². The maximum absolute atomic E-state index is 12.3. The summed E-state index contributed by atoms with van der Waals surface area (Å²) >= 11 is 1.40. The maximum atomic E-state index is 12.3. The van der Waals surface area contributed by atoms with Gasteiger partial charge in [-0.1, -0.05) is 41.7 Å². The molecule has 3 aromatic rings. The zero-order valence-corrected chi connectivity index (χ0v) is 14.6. The first-order chi connectivity index (χ1) is 12.0. The number of amides is 2. The number of anilines is 1. The van der Waals surface area contributed by atoms with Crippen molar-refractivity contribution < 1.29 is 14.0 Å². The van der Waals surface area contributed by atoms with E-state index in [0.717, 1.165) is 16.1 Å². The number of carbonyl (C=O) groups is 2. The number of benzene rings is 1. The fraction of sp³-hybridized carbons (Fsp3) is 0.167. The monoisotopic (exact) mass is 355 g/mol. The summed E-state index contributed by atoms with van der Waals surface area (Å²) in [6, 6.07) is 12.3. The van der Waals surface area contributed by atoms with E-state index in [9.17, 15) is 9.59 Å². The molecule has 25 heavy (non-hydrogen) atoms. The van der Waals surface area contributed by atoms with Crippen LogP contribution < -0.4 is 10.6 Å². The van der Waals surface area contributed by atoms with Gasteiger partial charge in [-0.05, 0) is 31.5 Å². The fourth-order valence-corrected chi connectivity index (χ4v) is 3.24.